The first-order chi connectivity index (χ1) is 9.80. The second kappa shape index (κ2) is 6.15. The summed E-state index contributed by atoms with van der Waals surface area (Å²) in [5, 5.41) is 8.74. The van der Waals surface area contributed by atoms with Crippen LogP contribution in [-0.2, 0) is 6.54 Å². The number of ether oxygens (including phenoxy) is 1. The number of hydrogen-bond donors (Lipinski definition) is 1. The molecular formula is C17H25NO2. The summed E-state index contributed by atoms with van der Waals surface area (Å²) in [5.74, 6) is 0.844. The van der Waals surface area contributed by atoms with Crippen LogP contribution in [0.25, 0.3) is 0 Å². The molecule has 1 aliphatic heterocycles. The number of benzene rings is 1. The Morgan fingerprint density at radius 3 is 2.55 bits per heavy atom. The van der Waals surface area contributed by atoms with E-state index in [1.807, 2.05) is 12.1 Å². The first-order valence-corrected chi connectivity index (χ1v) is 7.85. The Balaban J connectivity index is 1.53. The Kier molecular flexibility index (Phi) is 4.27. The van der Waals surface area contributed by atoms with Crippen molar-refractivity contribution in [3.63, 3.8) is 0 Å². The maximum absolute atomic E-state index is 8.74. The Hall–Kier alpha value is -1.06. The Morgan fingerprint density at radius 2 is 1.85 bits per heavy atom. The zero-order valence-electron chi connectivity index (χ0n) is 12.2. The number of hydrogen-bond acceptors (Lipinski definition) is 3. The molecule has 1 saturated heterocycles. The highest BCUT2D eigenvalue weighted by Gasteiger charge is 2.39. The topological polar surface area (TPSA) is 32.7 Å². The average Bonchev–Trinajstić information content (AvgIpc) is 3.09. The lowest BCUT2D eigenvalue weighted by molar-refractivity contribution is 0.201. The van der Waals surface area contributed by atoms with Gasteiger partial charge in [0.15, 0.2) is 0 Å². The maximum atomic E-state index is 8.74. The van der Waals surface area contributed by atoms with Crippen LogP contribution in [0.15, 0.2) is 24.3 Å². The van der Waals surface area contributed by atoms with Gasteiger partial charge in [-0.1, -0.05) is 25.0 Å². The van der Waals surface area contributed by atoms with Gasteiger partial charge in [0.25, 0.3) is 0 Å². The quantitative estimate of drug-likeness (QED) is 0.897. The standard InChI is InChI=1S/C17H25NO2/c19-11-12-20-16-5-3-15(4-6-16)13-18-10-9-17(14-18)7-1-2-8-17/h3-6,19H,1-2,7-14H2. The summed E-state index contributed by atoms with van der Waals surface area (Å²) in [7, 11) is 0. The molecule has 2 fully saturated rings. The first-order valence-electron chi connectivity index (χ1n) is 7.85. The van der Waals surface area contributed by atoms with E-state index in [2.05, 4.69) is 17.0 Å². The monoisotopic (exact) mass is 275 g/mol. The number of rotatable bonds is 5. The van der Waals surface area contributed by atoms with Gasteiger partial charge in [-0.05, 0) is 48.9 Å². The van der Waals surface area contributed by atoms with Crippen molar-refractivity contribution in [3.8, 4) is 5.75 Å². The third kappa shape index (κ3) is 3.15. The van der Waals surface area contributed by atoms with Crippen LogP contribution in [0.1, 0.15) is 37.7 Å². The van der Waals surface area contributed by atoms with Gasteiger partial charge in [-0.3, -0.25) is 4.90 Å². The molecule has 0 atom stereocenters. The average molecular weight is 275 g/mol. The lowest BCUT2D eigenvalue weighted by atomic mass is 9.86. The molecule has 1 heterocycles. The molecule has 0 bridgehead atoms. The highest BCUT2D eigenvalue weighted by atomic mass is 16.5. The smallest absolute Gasteiger partial charge is 0.119 e. The molecule has 0 unspecified atom stereocenters. The largest absolute Gasteiger partial charge is 0.491 e. The fourth-order valence-electron chi connectivity index (χ4n) is 3.81. The number of aliphatic hydroxyl groups excluding tert-OH is 1. The first kappa shape index (κ1) is 13.9. The highest BCUT2D eigenvalue weighted by Crippen LogP contribution is 2.45. The van der Waals surface area contributed by atoms with Crippen LogP contribution in [0.4, 0.5) is 0 Å². The van der Waals surface area contributed by atoms with E-state index in [1.54, 1.807) is 0 Å². The van der Waals surface area contributed by atoms with Crippen LogP contribution in [0.2, 0.25) is 0 Å². The van der Waals surface area contributed by atoms with Crippen molar-refractivity contribution >= 4 is 0 Å². The molecule has 1 aliphatic carbocycles. The molecule has 0 aromatic heterocycles. The van der Waals surface area contributed by atoms with E-state index < -0.39 is 0 Å². The lowest BCUT2D eigenvalue weighted by Gasteiger charge is -2.23. The lowest BCUT2D eigenvalue weighted by Crippen LogP contribution is -2.24. The van der Waals surface area contributed by atoms with E-state index in [0.717, 1.165) is 12.3 Å². The molecule has 0 radical (unpaired) electrons. The SMILES string of the molecule is OCCOc1ccc(CN2CCC3(CCCC3)C2)cc1. The van der Waals surface area contributed by atoms with Crippen LogP contribution < -0.4 is 4.74 Å². The van der Waals surface area contributed by atoms with E-state index in [-0.39, 0.29) is 6.61 Å². The summed E-state index contributed by atoms with van der Waals surface area (Å²) >= 11 is 0. The van der Waals surface area contributed by atoms with Crippen molar-refractivity contribution in [3.05, 3.63) is 29.8 Å². The molecular weight excluding hydrogens is 250 g/mol. The molecule has 1 spiro atoms. The molecule has 20 heavy (non-hydrogen) atoms. The van der Waals surface area contributed by atoms with Gasteiger partial charge in [-0.15, -0.1) is 0 Å². The highest BCUT2D eigenvalue weighted by molar-refractivity contribution is 5.27. The van der Waals surface area contributed by atoms with Crippen LogP contribution in [-0.4, -0.2) is 36.3 Å². The van der Waals surface area contributed by atoms with Crippen molar-refractivity contribution in [1.29, 1.82) is 0 Å². The summed E-state index contributed by atoms with van der Waals surface area (Å²) in [5.41, 5.74) is 2.01. The van der Waals surface area contributed by atoms with Crippen LogP contribution >= 0.6 is 0 Å². The van der Waals surface area contributed by atoms with Crippen LogP contribution in [0.5, 0.6) is 5.75 Å². The van der Waals surface area contributed by atoms with Crippen molar-refractivity contribution < 1.29 is 9.84 Å². The minimum absolute atomic E-state index is 0.0671. The fourth-order valence-corrected chi connectivity index (χ4v) is 3.81. The Bertz CT molecular complexity index is 423. The molecule has 3 heteroatoms. The number of nitrogens with zero attached hydrogens (tertiary/aromatic N) is 1. The minimum atomic E-state index is 0.0671. The normalized spacial score (nSPS) is 21.6. The number of aliphatic hydroxyl groups is 1. The predicted octanol–water partition coefficient (Wildman–Crippen LogP) is 2.82. The van der Waals surface area contributed by atoms with Gasteiger partial charge in [-0.25, -0.2) is 0 Å². The second-order valence-electron chi connectivity index (χ2n) is 6.38. The van der Waals surface area contributed by atoms with E-state index in [0.29, 0.717) is 12.0 Å². The molecule has 3 nitrogen and oxygen atoms in total. The van der Waals surface area contributed by atoms with Gasteiger partial charge < -0.3 is 9.84 Å². The van der Waals surface area contributed by atoms with E-state index >= 15 is 0 Å². The van der Waals surface area contributed by atoms with Gasteiger partial charge in [0, 0.05) is 13.1 Å². The van der Waals surface area contributed by atoms with E-state index in [9.17, 15) is 0 Å². The van der Waals surface area contributed by atoms with Crippen molar-refractivity contribution in [2.24, 2.45) is 5.41 Å². The molecule has 0 amide bonds. The third-order valence-electron chi connectivity index (χ3n) is 4.87. The summed E-state index contributed by atoms with van der Waals surface area (Å²) in [6, 6.07) is 8.30. The summed E-state index contributed by atoms with van der Waals surface area (Å²) in [6.07, 6.45) is 7.15. The van der Waals surface area contributed by atoms with E-state index in [1.165, 1.54) is 50.8 Å². The molecule has 1 saturated carbocycles. The van der Waals surface area contributed by atoms with Crippen molar-refractivity contribution in [1.82, 2.24) is 4.90 Å². The van der Waals surface area contributed by atoms with Gasteiger partial charge in [0.2, 0.25) is 0 Å². The van der Waals surface area contributed by atoms with Gasteiger partial charge in [0.1, 0.15) is 12.4 Å². The third-order valence-corrected chi connectivity index (χ3v) is 4.87. The molecule has 1 N–H and O–H groups in total. The maximum Gasteiger partial charge on any atom is 0.119 e. The van der Waals surface area contributed by atoms with Gasteiger partial charge >= 0.3 is 0 Å². The molecule has 110 valence electrons. The summed E-state index contributed by atoms with van der Waals surface area (Å²) in [6.45, 7) is 4.03. The van der Waals surface area contributed by atoms with Crippen molar-refractivity contribution in [2.75, 3.05) is 26.3 Å². The van der Waals surface area contributed by atoms with E-state index in [4.69, 9.17) is 9.84 Å². The van der Waals surface area contributed by atoms with Crippen LogP contribution in [0, 0.1) is 5.41 Å². The minimum Gasteiger partial charge on any atom is -0.491 e. The molecule has 2 aliphatic rings. The fraction of sp³-hybridized carbons (Fsp3) is 0.647. The molecule has 1 aromatic rings. The Labute approximate surface area is 121 Å². The second-order valence-corrected chi connectivity index (χ2v) is 6.38. The summed E-state index contributed by atoms with van der Waals surface area (Å²) in [4.78, 5) is 2.61. The number of likely N-dealkylation sites (tertiary alicyclic amines) is 1. The predicted molar refractivity (Wildman–Crippen MR) is 79.8 cm³/mol. The van der Waals surface area contributed by atoms with Gasteiger partial charge in [-0.2, -0.15) is 0 Å². The van der Waals surface area contributed by atoms with Crippen LogP contribution in [0.3, 0.4) is 0 Å². The molecule has 3 rings (SSSR count). The summed E-state index contributed by atoms with van der Waals surface area (Å²) < 4.78 is 5.39. The van der Waals surface area contributed by atoms with Crippen molar-refractivity contribution in [2.45, 2.75) is 38.6 Å². The zero-order chi connectivity index (χ0) is 13.8. The molecule has 1 aromatic carbocycles. The Morgan fingerprint density at radius 1 is 1.10 bits per heavy atom. The van der Waals surface area contributed by atoms with Gasteiger partial charge in [0.05, 0.1) is 6.61 Å². The zero-order valence-corrected chi connectivity index (χ0v) is 12.2.